The zero-order valence-corrected chi connectivity index (χ0v) is 12.9. The number of aromatic amines is 1. The van der Waals surface area contributed by atoms with Gasteiger partial charge in [0, 0.05) is 18.9 Å². The normalized spacial score (nSPS) is 19.6. The van der Waals surface area contributed by atoms with Crippen LogP contribution in [0.2, 0.25) is 0 Å². The molecule has 4 rings (SSSR count). The second-order valence-corrected chi connectivity index (χ2v) is 5.81. The van der Waals surface area contributed by atoms with E-state index >= 15 is 0 Å². The molecule has 4 heterocycles. The molecule has 0 aromatic carbocycles. The number of rotatable bonds is 4. The van der Waals surface area contributed by atoms with Gasteiger partial charge >= 0.3 is 6.03 Å². The molecule has 118 valence electrons. The van der Waals surface area contributed by atoms with Crippen LogP contribution in [0.25, 0.3) is 0 Å². The topological polar surface area (TPSA) is 77.5 Å². The molecule has 0 spiro atoms. The fraction of sp³-hybridized carbons (Fsp3) is 0.375. The Hall–Kier alpha value is -2.70. The van der Waals surface area contributed by atoms with E-state index in [1.54, 1.807) is 28.5 Å². The van der Waals surface area contributed by atoms with Crippen LogP contribution >= 0.6 is 0 Å². The number of carbonyl (C=O) groups is 1. The lowest BCUT2D eigenvalue weighted by atomic mass is 10.1. The van der Waals surface area contributed by atoms with E-state index in [0.717, 1.165) is 18.5 Å². The number of amidine groups is 1. The molecule has 2 aliphatic rings. The van der Waals surface area contributed by atoms with Crippen LogP contribution in [-0.4, -0.2) is 50.8 Å². The molecule has 0 saturated heterocycles. The predicted octanol–water partition coefficient (Wildman–Crippen LogP) is 1.83. The first kappa shape index (κ1) is 13.9. The molecule has 7 nitrogen and oxygen atoms in total. The summed E-state index contributed by atoms with van der Waals surface area (Å²) in [5.74, 6) is 1.41. The Morgan fingerprint density at radius 1 is 1.35 bits per heavy atom. The van der Waals surface area contributed by atoms with Crippen LogP contribution in [-0.2, 0) is 6.42 Å². The summed E-state index contributed by atoms with van der Waals surface area (Å²) in [5, 5.41) is 0. The van der Waals surface area contributed by atoms with E-state index in [2.05, 4.69) is 21.9 Å². The maximum absolute atomic E-state index is 12.8. The number of imidazole rings is 1. The van der Waals surface area contributed by atoms with Crippen LogP contribution in [0, 0.1) is 0 Å². The maximum Gasteiger partial charge on any atom is 0.331 e. The minimum atomic E-state index is -0.0255. The number of aliphatic imine (C=N–C) groups is 1. The van der Waals surface area contributed by atoms with Crippen LogP contribution in [0.1, 0.15) is 24.6 Å². The number of urea groups is 1. The van der Waals surface area contributed by atoms with Gasteiger partial charge in [0.25, 0.3) is 0 Å². The first-order valence-electron chi connectivity index (χ1n) is 7.87. The second kappa shape index (κ2) is 5.49. The van der Waals surface area contributed by atoms with Crippen molar-refractivity contribution in [2.75, 3.05) is 18.0 Å². The van der Waals surface area contributed by atoms with Crippen LogP contribution in [0.15, 0.2) is 35.8 Å². The lowest BCUT2D eigenvalue weighted by Gasteiger charge is -2.32. The zero-order valence-electron chi connectivity index (χ0n) is 12.9. The predicted molar refractivity (Wildman–Crippen MR) is 86.6 cm³/mol. The Balaban J connectivity index is 1.64. The van der Waals surface area contributed by atoms with E-state index in [4.69, 9.17) is 4.99 Å². The molecule has 7 heteroatoms. The molecule has 0 radical (unpaired) electrons. The Bertz CT molecular complexity index is 753. The summed E-state index contributed by atoms with van der Waals surface area (Å²) >= 11 is 0. The number of anilines is 1. The number of carbonyl (C=O) groups excluding carboxylic acids is 1. The third kappa shape index (κ3) is 2.28. The SMILES string of the molecule is CCCN1C(=O)N2CC(Cc3ccncc3)N=C2c2[nH]cnc21. The smallest absolute Gasteiger partial charge is 0.331 e. The van der Waals surface area contributed by atoms with E-state index in [9.17, 15) is 4.79 Å². The number of aromatic nitrogens is 3. The molecule has 1 N–H and O–H groups in total. The van der Waals surface area contributed by atoms with Crippen LogP contribution in [0.5, 0.6) is 0 Å². The van der Waals surface area contributed by atoms with Gasteiger partial charge in [-0.05, 0) is 30.5 Å². The summed E-state index contributed by atoms with van der Waals surface area (Å²) in [6, 6.07) is 4.02. The fourth-order valence-electron chi connectivity index (χ4n) is 3.17. The quantitative estimate of drug-likeness (QED) is 0.936. The number of nitrogens with zero attached hydrogens (tertiary/aromatic N) is 5. The van der Waals surface area contributed by atoms with Gasteiger partial charge in [-0.15, -0.1) is 0 Å². The number of hydrogen-bond donors (Lipinski definition) is 1. The maximum atomic E-state index is 12.8. The summed E-state index contributed by atoms with van der Waals surface area (Å²) < 4.78 is 0. The average Bonchev–Trinajstić information content (AvgIpc) is 3.19. The van der Waals surface area contributed by atoms with Crippen molar-refractivity contribution >= 4 is 17.7 Å². The van der Waals surface area contributed by atoms with Crippen LogP contribution in [0.4, 0.5) is 10.6 Å². The van der Waals surface area contributed by atoms with Crippen LogP contribution in [0.3, 0.4) is 0 Å². The molecule has 1 unspecified atom stereocenters. The lowest BCUT2D eigenvalue weighted by molar-refractivity contribution is 0.226. The van der Waals surface area contributed by atoms with Crippen molar-refractivity contribution in [2.24, 2.45) is 4.99 Å². The molecule has 2 aliphatic heterocycles. The molecule has 0 fully saturated rings. The standard InChI is InChI=1S/C16H18N6O/c1-2-7-21-14-13(18-10-19-14)15-20-12(9-22(15)16(21)23)8-11-3-5-17-6-4-11/h3-6,10,12H,2,7-9H2,1H3,(H,18,19). The van der Waals surface area contributed by atoms with Gasteiger partial charge in [0.15, 0.2) is 11.7 Å². The van der Waals surface area contributed by atoms with E-state index in [1.165, 1.54) is 5.56 Å². The molecular weight excluding hydrogens is 292 g/mol. The summed E-state index contributed by atoms with van der Waals surface area (Å²) in [5.41, 5.74) is 2.02. The Morgan fingerprint density at radius 2 is 2.17 bits per heavy atom. The molecule has 2 aromatic heterocycles. The van der Waals surface area contributed by atoms with Gasteiger partial charge in [0.05, 0.1) is 18.9 Å². The highest BCUT2D eigenvalue weighted by molar-refractivity contribution is 6.18. The van der Waals surface area contributed by atoms with Gasteiger partial charge in [-0.2, -0.15) is 0 Å². The van der Waals surface area contributed by atoms with Crippen molar-refractivity contribution in [2.45, 2.75) is 25.8 Å². The van der Waals surface area contributed by atoms with Gasteiger partial charge in [-0.25, -0.2) is 9.78 Å². The molecule has 1 atom stereocenters. The van der Waals surface area contributed by atoms with Crippen molar-refractivity contribution in [3.05, 3.63) is 42.1 Å². The molecule has 2 aromatic rings. The highest BCUT2D eigenvalue weighted by atomic mass is 16.2. The molecule has 0 saturated carbocycles. The first-order valence-corrected chi connectivity index (χ1v) is 7.87. The largest absolute Gasteiger partial charge is 0.340 e. The van der Waals surface area contributed by atoms with E-state index < -0.39 is 0 Å². The number of amides is 2. The zero-order chi connectivity index (χ0) is 15.8. The first-order chi connectivity index (χ1) is 11.3. The van der Waals surface area contributed by atoms with Crippen molar-refractivity contribution < 1.29 is 4.79 Å². The van der Waals surface area contributed by atoms with Crippen molar-refractivity contribution in [1.29, 1.82) is 0 Å². The monoisotopic (exact) mass is 310 g/mol. The Kier molecular flexibility index (Phi) is 3.33. The summed E-state index contributed by atoms with van der Waals surface area (Å²) in [7, 11) is 0. The number of pyridine rings is 1. The minimum Gasteiger partial charge on any atom is -0.340 e. The molecule has 0 bridgehead atoms. The molecule has 0 aliphatic carbocycles. The summed E-state index contributed by atoms with van der Waals surface area (Å²) in [6.45, 7) is 3.32. The number of H-pyrrole nitrogens is 1. The number of hydrogen-bond acceptors (Lipinski definition) is 4. The second-order valence-electron chi connectivity index (χ2n) is 5.81. The van der Waals surface area contributed by atoms with Gasteiger partial charge < -0.3 is 4.98 Å². The highest BCUT2D eigenvalue weighted by Gasteiger charge is 2.41. The van der Waals surface area contributed by atoms with Gasteiger partial charge in [-0.3, -0.25) is 19.8 Å². The average molecular weight is 310 g/mol. The van der Waals surface area contributed by atoms with E-state index in [1.807, 2.05) is 12.1 Å². The van der Waals surface area contributed by atoms with E-state index in [0.29, 0.717) is 24.7 Å². The lowest BCUT2D eigenvalue weighted by Crippen LogP contribution is -2.50. The molecule has 2 amide bonds. The van der Waals surface area contributed by atoms with Gasteiger partial charge in [0.1, 0.15) is 5.69 Å². The fourth-order valence-corrected chi connectivity index (χ4v) is 3.17. The van der Waals surface area contributed by atoms with Crippen molar-refractivity contribution in [1.82, 2.24) is 19.9 Å². The summed E-state index contributed by atoms with van der Waals surface area (Å²) in [4.78, 5) is 32.5. The van der Waals surface area contributed by atoms with Crippen molar-refractivity contribution in [3.63, 3.8) is 0 Å². The van der Waals surface area contributed by atoms with Gasteiger partial charge in [-0.1, -0.05) is 6.92 Å². The minimum absolute atomic E-state index is 0.0255. The number of nitrogens with one attached hydrogen (secondary N) is 1. The Morgan fingerprint density at radius 3 is 2.96 bits per heavy atom. The van der Waals surface area contributed by atoms with Crippen LogP contribution < -0.4 is 4.90 Å². The summed E-state index contributed by atoms with van der Waals surface area (Å²) in [6.07, 6.45) is 6.88. The van der Waals surface area contributed by atoms with Gasteiger partial charge in [0.2, 0.25) is 0 Å². The highest BCUT2D eigenvalue weighted by Crippen LogP contribution is 2.30. The third-order valence-corrected chi connectivity index (χ3v) is 4.18. The third-order valence-electron chi connectivity index (χ3n) is 4.18. The van der Waals surface area contributed by atoms with E-state index in [-0.39, 0.29) is 12.1 Å². The van der Waals surface area contributed by atoms with Crippen molar-refractivity contribution in [3.8, 4) is 0 Å². The Labute approximate surface area is 134 Å². The molecule has 23 heavy (non-hydrogen) atoms. The number of fused-ring (bicyclic) bond motifs is 3. The molecular formula is C16H18N6O.